The Labute approximate surface area is 150 Å². The van der Waals surface area contributed by atoms with Crippen LogP contribution < -0.4 is 16.0 Å². The van der Waals surface area contributed by atoms with E-state index in [1.807, 2.05) is 20.8 Å². The molecule has 0 bridgehead atoms. The Morgan fingerprint density at radius 3 is 2.40 bits per heavy atom. The summed E-state index contributed by atoms with van der Waals surface area (Å²) in [5.74, 6) is 0.498. The molecule has 2 unspecified atom stereocenters. The zero-order chi connectivity index (χ0) is 18.0. The van der Waals surface area contributed by atoms with Crippen LogP contribution >= 0.6 is 0 Å². The van der Waals surface area contributed by atoms with Gasteiger partial charge in [0.2, 0.25) is 0 Å². The maximum Gasteiger partial charge on any atom is 0.148 e. The lowest BCUT2D eigenvalue weighted by Crippen LogP contribution is -2.46. The number of nitrogens with one attached hydrogen (secondary N) is 1. The third-order valence-electron chi connectivity index (χ3n) is 5.48. The highest BCUT2D eigenvalue weighted by Gasteiger charge is 2.26. The van der Waals surface area contributed by atoms with Gasteiger partial charge in [-0.25, -0.2) is 4.39 Å². The van der Waals surface area contributed by atoms with E-state index >= 15 is 0 Å². The fourth-order valence-corrected chi connectivity index (χ4v) is 4.25. The Balaban J connectivity index is 1.65. The van der Waals surface area contributed by atoms with Crippen molar-refractivity contribution in [3.05, 3.63) is 23.5 Å². The van der Waals surface area contributed by atoms with Crippen molar-refractivity contribution in [2.75, 3.05) is 29.9 Å². The molecule has 1 aliphatic heterocycles. The number of halogens is 1. The molecule has 5 heteroatoms. The van der Waals surface area contributed by atoms with Crippen LogP contribution in [0.2, 0.25) is 0 Å². The average Bonchev–Trinajstić information content (AvgIpc) is 2.53. The first-order valence-corrected chi connectivity index (χ1v) is 9.62. The second kappa shape index (κ2) is 7.92. The standard InChI is InChI=1S/C20H32FN3O/c1-13-8-18(23-10-16-4-6-17(22)7-5-16)9-19(21)20(13)24-11-14(2)25-15(3)12-24/h8-9,14-17,23H,4-7,10-12,22H2,1-3H3/t14?,15?,16-,17-. The maximum atomic E-state index is 14.8. The average molecular weight is 349 g/mol. The minimum atomic E-state index is -0.144. The van der Waals surface area contributed by atoms with Gasteiger partial charge in [-0.05, 0) is 70.1 Å². The summed E-state index contributed by atoms with van der Waals surface area (Å²) in [4.78, 5) is 2.12. The third kappa shape index (κ3) is 4.64. The molecule has 1 aliphatic carbocycles. The van der Waals surface area contributed by atoms with E-state index in [1.54, 1.807) is 6.07 Å². The van der Waals surface area contributed by atoms with E-state index < -0.39 is 0 Å². The van der Waals surface area contributed by atoms with Gasteiger partial charge in [-0.3, -0.25) is 0 Å². The van der Waals surface area contributed by atoms with Crippen LogP contribution in [0.5, 0.6) is 0 Å². The zero-order valence-corrected chi connectivity index (χ0v) is 15.7. The van der Waals surface area contributed by atoms with Crippen molar-refractivity contribution in [3.63, 3.8) is 0 Å². The highest BCUT2D eigenvalue weighted by molar-refractivity contribution is 5.62. The summed E-state index contributed by atoms with van der Waals surface area (Å²) in [7, 11) is 0. The van der Waals surface area contributed by atoms with Gasteiger partial charge in [0.05, 0.1) is 17.9 Å². The van der Waals surface area contributed by atoms with Gasteiger partial charge in [0.1, 0.15) is 5.82 Å². The number of hydrogen-bond acceptors (Lipinski definition) is 4. The van der Waals surface area contributed by atoms with E-state index in [0.29, 0.717) is 12.0 Å². The maximum absolute atomic E-state index is 14.8. The second-order valence-electron chi connectivity index (χ2n) is 7.95. The Bertz CT molecular complexity index is 553. The number of benzene rings is 1. The number of hydrogen-bond donors (Lipinski definition) is 2. The summed E-state index contributed by atoms with van der Waals surface area (Å²) in [6.45, 7) is 8.45. The lowest BCUT2D eigenvalue weighted by atomic mass is 9.86. The van der Waals surface area contributed by atoms with Gasteiger partial charge in [0.25, 0.3) is 0 Å². The number of nitrogens with zero attached hydrogens (tertiary/aromatic N) is 1. The van der Waals surface area contributed by atoms with E-state index in [4.69, 9.17) is 10.5 Å². The van der Waals surface area contributed by atoms with Crippen LogP contribution in [0.15, 0.2) is 12.1 Å². The number of ether oxygens (including phenoxy) is 1. The Kier molecular flexibility index (Phi) is 5.85. The molecule has 0 radical (unpaired) electrons. The Hall–Kier alpha value is -1.33. The monoisotopic (exact) mass is 349 g/mol. The van der Waals surface area contributed by atoms with Gasteiger partial charge in [-0.1, -0.05) is 0 Å². The molecule has 3 N–H and O–H groups in total. The van der Waals surface area contributed by atoms with Gasteiger partial charge in [-0.15, -0.1) is 0 Å². The Morgan fingerprint density at radius 1 is 1.16 bits per heavy atom. The summed E-state index contributed by atoms with van der Waals surface area (Å²) in [6, 6.07) is 4.08. The molecule has 1 aromatic carbocycles. The molecular weight excluding hydrogens is 317 g/mol. The fraction of sp³-hybridized carbons (Fsp3) is 0.700. The van der Waals surface area contributed by atoms with Crippen LogP contribution in [0.25, 0.3) is 0 Å². The topological polar surface area (TPSA) is 50.5 Å². The first-order valence-electron chi connectivity index (χ1n) is 9.62. The molecule has 1 aromatic rings. The summed E-state index contributed by atoms with van der Waals surface area (Å²) in [6.07, 6.45) is 4.78. The van der Waals surface area contributed by atoms with Crippen molar-refractivity contribution in [1.29, 1.82) is 0 Å². The number of morpholine rings is 1. The van der Waals surface area contributed by atoms with Crippen LogP contribution in [0.1, 0.15) is 45.1 Å². The Morgan fingerprint density at radius 2 is 1.80 bits per heavy atom. The van der Waals surface area contributed by atoms with Crippen molar-refractivity contribution < 1.29 is 9.13 Å². The molecule has 3 rings (SSSR count). The summed E-state index contributed by atoms with van der Waals surface area (Å²) < 4.78 is 20.6. The largest absolute Gasteiger partial charge is 0.385 e. The molecule has 0 amide bonds. The van der Waals surface area contributed by atoms with E-state index in [2.05, 4.69) is 16.3 Å². The fourth-order valence-electron chi connectivity index (χ4n) is 4.25. The van der Waals surface area contributed by atoms with E-state index in [9.17, 15) is 4.39 Å². The number of anilines is 2. The van der Waals surface area contributed by atoms with Crippen molar-refractivity contribution in [3.8, 4) is 0 Å². The van der Waals surface area contributed by atoms with Gasteiger partial charge >= 0.3 is 0 Å². The molecule has 0 spiro atoms. The first kappa shape index (κ1) is 18.5. The summed E-state index contributed by atoms with van der Waals surface area (Å²) >= 11 is 0. The highest BCUT2D eigenvalue weighted by Crippen LogP contribution is 2.31. The SMILES string of the molecule is Cc1cc(NC[C@H]2CC[C@H](N)CC2)cc(F)c1N1CC(C)OC(C)C1. The van der Waals surface area contributed by atoms with Crippen LogP contribution in [0.4, 0.5) is 15.8 Å². The highest BCUT2D eigenvalue weighted by atomic mass is 19.1. The van der Waals surface area contributed by atoms with Crippen molar-refractivity contribution in [2.45, 2.75) is 64.7 Å². The van der Waals surface area contributed by atoms with Gasteiger partial charge in [0.15, 0.2) is 0 Å². The normalized spacial score (nSPS) is 30.4. The van der Waals surface area contributed by atoms with Gasteiger partial charge in [0, 0.05) is 31.4 Å². The van der Waals surface area contributed by atoms with Crippen molar-refractivity contribution in [2.24, 2.45) is 11.7 Å². The molecule has 140 valence electrons. The smallest absolute Gasteiger partial charge is 0.148 e. The zero-order valence-electron chi connectivity index (χ0n) is 15.7. The molecule has 1 heterocycles. The van der Waals surface area contributed by atoms with E-state index in [0.717, 1.165) is 62.3 Å². The minimum absolute atomic E-state index is 0.123. The molecule has 1 saturated heterocycles. The molecule has 2 aliphatic rings. The third-order valence-corrected chi connectivity index (χ3v) is 5.48. The molecular formula is C20H32FN3O. The first-order chi connectivity index (χ1) is 11.9. The van der Waals surface area contributed by atoms with Crippen LogP contribution in [-0.2, 0) is 4.74 Å². The van der Waals surface area contributed by atoms with E-state index in [-0.39, 0.29) is 18.0 Å². The molecule has 1 saturated carbocycles. The summed E-state index contributed by atoms with van der Waals surface area (Å²) in [5, 5.41) is 3.43. The molecule has 2 fully saturated rings. The molecule has 0 aromatic heterocycles. The minimum Gasteiger partial charge on any atom is -0.385 e. The second-order valence-corrected chi connectivity index (χ2v) is 7.95. The predicted octanol–water partition coefficient (Wildman–Crippen LogP) is 3.68. The van der Waals surface area contributed by atoms with Crippen molar-refractivity contribution >= 4 is 11.4 Å². The summed E-state index contributed by atoms with van der Waals surface area (Å²) in [5.41, 5.74) is 8.54. The number of rotatable bonds is 4. The number of aryl methyl sites for hydroxylation is 1. The predicted molar refractivity (Wildman–Crippen MR) is 102 cm³/mol. The number of nitrogens with two attached hydrogens (primary N) is 1. The van der Waals surface area contributed by atoms with Crippen LogP contribution in [0, 0.1) is 18.7 Å². The lowest BCUT2D eigenvalue weighted by Gasteiger charge is -2.37. The molecule has 4 nitrogen and oxygen atoms in total. The van der Waals surface area contributed by atoms with Crippen LogP contribution in [-0.4, -0.2) is 37.9 Å². The lowest BCUT2D eigenvalue weighted by molar-refractivity contribution is -0.00542. The molecule has 25 heavy (non-hydrogen) atoms. The molecule has 2 atom stereocenters. The van der Waals surface area contributed by atoms with E-state index in [1.165, 1.54) is 0 Å². The quantitative estimate of drug-likeness (QED) is 0.871. The van der Waals surface area contributed by atoms with Gasteiger partial charge in [-0.2, -0.15) is 0 Å². The van der Waals surface area contributed by atoms with Crippen molar-refractivity contribution in [1.82, 2.24) is 0 Å². The van der Waals surface area contributed by atoms with Crippen LogP contribution in [0.3, 0.4) is 0 Å². The van der Waals surface area contributed by atoms with Gasteiger partial charge < -0.3 is 20.7 Å².